The highest BCUT2D eigenvalue weighted by Gasteiger charge is 2.30. The number of benzene rings is 1. The molecule has 1 aliphatic carbocycles. The Kier molecular flexibility index (Phi) is 5.88. The Morgan fingerprint density at radius 1 is 1.17 bits per heavy atom. The molecule has 0 saturated heterocycles. The molecule has 2 unspecified atom stereocenters. The molecule has 0 N–H and O–H groups in total. The molecule has 1 aromatic carbocycles. The van der Waals surface area contributed by atoms with Gasteiger partial charge in [-0.15, -0.1) is 0 Å². The van der Waals surface area contributed by atoms with Crippen LogP contribution in [0.15, 0.2) is 48.6 Å². The highest BCUT2D eigenvalue weighted by atomic mass is 19.4. The second-order valence-electron chi connectivity index (χ2n) is 5.98. The van der Waals surface area contributed by atoms with Crippen LogP contribution in [0.3, 0.4) is 0 Å². The molecule has 0 aromatic heterocycles. The fraction of sp³-hybridized carbons (Fsp3) is 0.444. The van der Waals surface area contributed by atoms with Crippen LogP contribution >= 0.6 is 0 Å². The first-order valence-electron chi connectivity index (χ1n) is 7.68. The fourth-order valence-corrected chi connectivity index (χ4v) is 2.52. The lowest BCUT2D eigenvalue weighted by atomic mass is 9.92. The first-order chi connectivity index (χ1) is 10.9. The summed E-state index contributed by atoms with van der Waals surface area (Å²) in [5, 5.41) is 0. The van der Waals surface area contributed by atoms with Crippen LogP contribution in [-0.2, 0) is 6.18 Å². The molecule has 0 saturated carbocycles. The largest absolute Gasteiger partial charge is 0.490 e. The van der Waals surface area contributed by atoms with Crippen molar-refractivity contribution in [1.82, 2.24) is 4.90 Å². The molecule has 0 bridgehead atoms. The Morgan fingerprint density at radius 2 is 1.87 bits per heavy atom. The van der Waals surface area contributed by atoms with Gasteiger partial charge in [-0.2, -0.15) is 13.2 Å². The van der Waals surface area contributed by atoms with E-state index in [2.05, 4.69) is 17.1 Å². The first-order valence-corrected chi connectivity index (χ1v) is 7.68. The summed E-state index contributed by atoms with van der Waals surface area (Å²) in [5.74, 6) is 0.715. The second kappa shape index (κ2) is 7.68. The van der Waals surface area contributed by atoms with Crippen molar-refractivity contribution < 1.29 is 17.9 Å². The van der Waals surface area contributed by atoms with Gasteiger partial charge in [-0.25, -0.2) is 0 Å². The number of ether oxygens (including phenoxy) is 1. The summed E-state index contributed by atoms with van der Waals surface area (Å²) in [6.07, 6.45) is 5.50. The number of nitrogens with zero attached hydrogens (tertiary/aromatic N) is 1. The van der Waals surface area contributed by atoms with Crippen LogP contribution in [0.5, 0.6) is 5.75 Å². The Labute approximate surface area is 135 Å². The number of rotatable bonds is 6. The van der Waals surface area contributed by atoms with E-state index in [0.29, 0.717) is 5.75 Å². The number of hydrogen-bond acceptors (Lipinski definition) is 2. The molecule has 0 spiro atoms. The Hall–Kier alpha value is -1.75. The third-order valence-electron chi connectivity index (χ3n) is 3.82. The molecule has 1 aromatic rings. The first kappa shape index (κ1) is 17.6. The zero-order valence-corrected chi connectivity index (χ0v) is 13.4. The molecule has 2 nitrogen and oxygen atoms in total. The number of hydrogen-bond donors (Lipinski definition) is 0. The van der Waals surface area contributed by atoms with E-state index >= 15 is 0 Å². The predicted molar refractivity (Wildman–Crippen MR) is 85.4 cm³/mol. The van der Waals surface area contributed by atoms with Crippen molar-refractivity contribution in [1.29, 1.82) is 0 Å². The summed E-state index contributed by atoms with van der Waals surface area (Å²) >= 11 is 0. The summed E-state index contributed by atoms with van der Waals surface area (Å²) in [6.45, 7) is 0.860. The van der Waals surface area contributed by atoms with E-state index in [1.165, 1.54) is 12.1 Å². The second-order valence-corrected chi connectivity index (χ2v) is 5.98. The van der Waals surface area contributed by atoms with E-state index in [1.807, 2.05) is 26.2 Å². The van der Waals surface area contributed by atoms with Crippen molar-refractivity contribution in [2.75, 3.05) is 20.6 Å². The zero-order valence-electron chi connectivity index (χ0n) is 13.4. The molecule has 2 atom stereocenters. The van der Waals surface area contributed by atoms with Crippen LogP contribution < -0.4 is 4.74 Å². The zero-order chi connectivity index (χ0) is 16.9. The smallest absolute Gasteiger partial charge is 0.416 e. The Morgan fingerprint density at radius 3 is 2.39 bits per heavy atom. The lowest BCUT2D eigenvalue weighted by Gasteiger charge is -2.27. The van der Waals surface area contributed by atoms with Gasteiger partial charge in [0.15, 0.2) is 0 Å². The Bertz CT molecular complexity index is 546. The third-order valence-corrected chi connectivity index (χ3v) is 3.82. The molecule has 0 radical (unpaired) electrons. The van der Waals surface area contributed by atoms with Crippen LogP contribution in [0.2, 0.25) is 0 Å². The minimum Gasteiger partial charge on any atom is -0.490 e. The molecule has 0 fully saturated rings. The molecule has 23 heavy (non-hydrogen) atoms. The fourth-order valence-electron chi connectivity index (χ4n) is 2.52. The van der Waals surface area contributed by atoms with Crippen molar-refractivity contribution in [3.05, 3.63) is 54.1 Å². The maximum atomic E-state index is 12.6. The highest BCUT2D eigenvalue weighted by molar-refractivity contribution is 5.29. The summed E-state index contributed by atoms with van der Waals surface area (Å²) < 4.78 is 43.9. The molecular formula is C18H22F3NO. The molecule has 0 heterocycles. The summed E-state index contributed by atoms with van der Waals surface area (Å²) in [7, 11) is 3.98. The Balaban J connectivity index is 2.07. The van der Waals surface area contributed by atoms with E-state index in [4.69, 9.17) is 4.74 Å². The topological polar surface area (TPSA) is 12.5 Å². The van der Waals surface area contributed by atoms with Gasteiger partial charge in [-0.05, 0) is 51.2 Å². The van der Waals surface area contributed by atoms with Crippen LogP contribution in [-0.4, -0.2) is 31.6 Å². The van der Waals surface area contributed by atoms with Crippen molar-refractivity contribution in [2.45, 2.75) is 25.1 Å². The lowest BCUT2D eigenvalue weighted by Crippen LogP contribution is -2.30. The summed E-state index contributed by atoms with van der Waals surface area (Å²) in [6, 6.07) is 4.92. The van der Waals surface area contributed by atoms with Gasteiger partial charge in [0.1, 0.15) is 11.9 Å². The molecule has 0 aliphatic heterocycles. The van der Waals surface area contributed by atoms with Gasteiger partial charge in [0.2, 0.25) is 0 Å². The molecule has 126 valence electrons. The van der Waals surface area contributed by atoms with Crippen molar-refractivity contribution in [3.63, 3.8) is 0 Å². The summed E-state index contributed by atoms with van der Waals surface area (Å²) in [5.41, 5.74) is -0.657. The van der Waals surface area contributed by atoms with Crippen LogP contribution in [0.4, 0.5) is 13.2 Å². The quantitative estimate of drug-likeness (QED) is 0.761. The molecule has 5 heteroatoms. The van der Waals surface area contributed by atoms with Crippen LogP contribution in [0.25, 0.3) is 0 Å². The third kappa shape index (κ3) is 5.43. The molecular weight excluding hydrogens is 303 g/mol. The monoisotopic (exact) mass is 325 g/mol. The number of alkyl halides is 3. The lowest BCUT2D eigenvalue weighted by molar-refractivity contribution is -0.137. The standard InChI is InChI=1S/C18H22F3NO/c1-22(2)13-12-17(14-6-4-3-5-7-14)23-16-10-8-15(9-11-16)18(19,20)21/h3-6,8-11,14,17H,7,12-13H2,1-2H3. The van der Waals surface area contributed by atoms with E-state index in [9.17, 15) is 13.2 Å². The summed E-state index contributed by atoms with van der Waals surface area (Å²) in [4.78, 5) is 2.07. The van der Waals surface area contributed by atoms with Crippen molar-refractivity contribution in [2.24, 2.45) is 5.92 Å². The highest BCUT2D eigenvalue weighted by Crippen LogP contribution is 2.31. The SMILES string of the molecule is CN(C)CCC(Oc1ccc(C(F)(F)F)cc1)C1C=CC=CC1. The van der Waals surface area contributed by atoms with Crippen LogP contribution in [0.1, 0.15) is 18.4 Å². The normalized spacial score (nSPS) is 19.1. The van der Waals surface area contributed by atoms with E-state index in [1.54, 1.807) is 0 Å². The van der Waals surface area contributed by atoms with Gasteiger partial charge >= 0.3 is 6.18 Å². The minimum absolute atomic E-state index is 0.0599. The maximum absolute atomic E-state index is 12.6. The molecule has 1 aliphatic rings. The molecule has 0 amide bonds. The van der Waals surface area contributed by atoms with Gasteiger partial charge in [-0.3, -0.25) is 0 Å². The predicted octanol–water partition coefficient (Wildman–Crippen LogP) is 4.54. The number of allylic oxidation sites excluding steroid dienone is 3. The van der Waals surface area contributed by atoms with Gasteiger partial charge < -0.3 is 9.64 Å². The van der Waals surface area contributed by atoms with Gasteiger partial charge in [-0.1, -0.05) is 24.3 Å². The van der Waals surface area contributed by atoms with Crippen LogP contribution in [0, 0.1) is 5.92 Å². The van der Waals surface area contributed by atoms with E-state index < -0.39 is 11.7 Å². The van der Waals surface area contributed by atoms with E-state index in [0.717, 1.165) is 31.5 Å². The van der Waals surface area contributed by atoms with Gasteiger partial charge in [0.05, 0.1) is 5.56 Å². The minimum atomic E-state index is -4.32. The van der Waals surface area contributed by atoms with Gasteiger partial charge in [0.25, 0.3) is 0 Å². The van der Waals surface area contributed by atoms with Crippen molar-refractivity contribution >= 4 is 0 Å². The van der Waals surface area contributed by atoms with E-state index in [-0.39, 0.29) is 12.0 Å². The van der Waals surface area contributed by atoms with Crippen molar-refractivity contribution in [3.8, 4) is 5.75 Å². The van der Waals surface area contributed by atoms with Gasteiger partial charge in [0, 0.05) is 12.5 Å². The average molecular weight is 325 g/mol. The molecule has 2 rings (SSSR count). The average Bonchev–Trinajstić information content (AvgIpc) is 2.51. The maximum Gasteiger partial charge on any atom is 0.416 e. The number of halogens is 3.